The van der Waals surface area contributed by atoms with Crippen molar-refractivity contribution in [3.63, 3.8) is 0 Å². The van der Waals surface area contributed by atoms with Crippen molar-refractivity contribution in [2.24, 2.45) is 0 Å². The van der Waals surface area contributed by atoms with Crippen molar-refractivity contribution in [3.05, 3.63) is 64.9 Å². The molecule has 2 aromatic carbocycles. The Bertz CT molecular complexity index is 1150. The predicted octanol–water partition coefficient (Wildman–Crippen LogP) is 3.82. The van der Waals surface area contributed by atoms with Gasteiger partial charge in [0.2, 0.25) is 11.8 Å². The molecule has 2 amide bonds. The summed E-state index contributed by atoms with van der Waals surface area (Å²) in [7, 11) is -1.65. The van der Waals surface area contributed by atoms with Crippen LogP contribution in [0.1, 0.15) is 38.7 Å². The summed E-state index contributed by atoms with van der Waals surface area (Å²) in [5.41, 5.74) is 0.331. The van der Waals surface area contributed by atoms with Gasteiger partial charge in [0.15, 0.2) is 0 Å². The second-order valence-corrected chi connectivity index (χ2v) is 10.9. The molecule has 198 valence electrons. The Morgan fingerprint density at radius 3 is 2.28 bits per heavy atom. The summed E-state index contributed by atoms with van der Waals surface area (Å²) in [5, 5.41) is 3.25. The maximum atomic E-state index is 14.7. The van der Waals surface area contributed by atoms with Crippen LogP contribution in [0.3, 0.4) is 0 Å². The van der Waals surface area contributed by atoms with E-state index >= 15 is 0 Å². The fraction of sp³-hybridized carbons (Fsp3) is 0.440. The second kappa shape index (κ2) is 13.6. The third kappa shape index (κ3) is 7.41. The first-order valence-electron chi connectivity index (χ1n) is 11.8. The van der Waals surface area contributed by atoms with Gasteiger partial charge in [-0.1, -0.05) is 62.2 Å². The number of rotatable bonds is 13. The summed E-state index contributed by atoms with van der Waals surface area (Å²) < 4.78 is 42.5. The zero-order chi connectivity index (χ0) is 26.9. The average Bonchev–Trinajstić information content (AvgIpc) is 2.84. The fourth-order valence-corrected chi connectivity index (χ4v) is 4.85. The number of nitrogens with one attached hydrogen (secondary N) is 1. The first-order chi connectivity index (χ1) is 17.0. The average molecular weight is 541 g/mol. The van der Waals surface area contributed by atoms with Gasteiger partial charge in [0.1, 0.15) is 18.4 Å². The lowest BCUT2D eigenvalue weighted by atomic mass is 10.1. The lowest BCUT2D eigenvalue weighted by molar-refractivity contribution is -0.140. The summed E-state index contributed by atoms with van der Waals surface area (Å²) in [5.74, 6) is -1.81. The van der Waals surface area contributed by atoms with Gasteiger partial charge >= 0.3 is 10.2 Å². The first-order valence-corrected chi connectivity index (χ1v) is 13.6. The van der Waals surface area contributed by atoms with Crippen molar-refractivity contribution in [2.75, 3.05) is 31.5 Å². The van der Waals surface area contributed by atoms with E-state index in [0.29, 0.717) is 21.4 Å². The summed E-state index contributed by atoms with van der Waals surface area (Å²) in [6.07, 6.45) is 1.95. The number of amides is 2. The number of unbranched alkanes of at least 4 members (excludes halogenated alkanes) is 1. The van der Waals surface area contributed by atoms with Gasteiger partial charge in [-0.15, -0.1) is 0 Å². The molecule has 0 aromatic heterocycles. The molecule has 0 unspecified atom stereocenters. The van der Waals surface area contributed by atoms with Crippen LogP contribution in [-0.4, -0.2) is 62.7 Å². The molecule has 0 spiro atoms. The Morgan fingerprint density at radius 2 is 1.69 bits per heavy atom. The summed E-state index contributed by atoms with van der Waals surface area (Å²) >= 11 is 6.34. The van der Waals surface area contributed by atoms with E-state index in [2.05, 4.69) is 5.32 Å². The summed E-state index contributed by atoms with van der Waals surface area (Å²) in [4.78, 5) is 28.1. The molecule has 1 atom stereocenters. The largest absolute Gasteiger partial charge is 0.354 e. The molecule has 0 aliphatic rings. The van der Waals surface area contributed by atoms with Crippen molar-refractivity contribution < 1.29 is 22.4 Å². The molecule has 2 rings (SSSR count). The smallest absolute Gasteiger partial charge is 0.304 e. The zero-order valence-electron chi connectivity index (χ0n) is 21.1. The molecule has 0 aliphatic carbocycles. The highest BCUT2D eigenvalue weighted by Crippen LogP contribution is 2.25. The minimum atomic E-state index is -4.24. The number of hydrogen-bond donors (Lipinski definition) is 1. The third-order valence-electron chi connectivity index (χ3n) is 5.65. The van der Waals surface area contributed by atoms with Crippen LogP contribution in [0.2, 0.25) is 5.02 Å². The summed E-state index contributed by atoms with van der Waals surface area (Å²) in [6, 6.07) is 11.4. The van der Waals surface area contributed by atoms with E-state index < -0.39 is 34.5 Å². The molecule has 11 heteroatoms. The molecule has 0 heterocycles. The maximum absolute atomic E-state index is 14.7. The maximum Gasteiger partial charge on any atom is 0.304 e. The SMILES string of the molecule is CCCCNC(=O)[C@@H](CC)N(Cc1ccccc1Cl)C(=O)CN(c1ccccc1F)S(=O)(=O)N(C)C. The lowest BCUT2D eigenvalue weighted by Crippen LogP contribution is -2.53. The number of carbonyl (C=O) groups excluding carboxylic acids is 2. The van der Waals surface area contributed by atoms with Crippen LogP contribution in [0.5, 0.6) is 0 Å². The van der Waals surface area contributed by atoms with E-state index in [1.54, 1.807) is 31.2 Å². The van der Waals surface area contributed by atoms with Crippen LogP contribution >= 0.6 is 11.6 Å². The number of carbonyl (C=O) groups is 2. The van der Waals surface area contributed by atoms with Gasteiger partial charge in [0, 0.05) is 32.2 Å². The van der Waals surface area contributed by atoms with Crippen molar-refractivity contribution in [1.29, 1.82) is 0 Å². The van der Waals surface area contributed by atoms with Gasteiger partial charge in [-0.3, -0.25) is 9.59 Å². The Labute approximate surface area is 218 Å². The number of hydrogen-bond acceptors (Lipinski definition) is 4. The second-order valence-electron chi connectivity index (χ2n) is 8.43. The predicted molar refractivity (Wildman–Crippen MR) is 140 cm³/mol. The Kier molecular flexibility index (Phi) is 11.1. The number of benzene rings is 2. The molecule has 0 bridgehead atoms. The van der Waals surface area contributed by atoms with E-state index in [9.17, 15) is 22.4 Å². The van der Waals surface area contributed by atoms with Crippen molar-refractivity contribution in [3.8, 4) is 0 Å². The summed E-state index contributed by atoms with van der Waals surface area (Å²) in [6.45, 7) is 3.49. The van der Waals surface area contributed by atoms with Crippen LogP contribution in [0.15, 0.2) is 48.5 Å². The molecule has 0 radical (unpaired) electrons. The molecule has 0 aliphatic heterocycles. The van der Waals surface area contributed by atoms with E-state index in [0.717, 1.165) is 23.2 Å². The lowest BCUT2D eigenvalue weighted by Gasteiger charge is -2.34. The van der Waals surface area contributed by atoms with Crippen LogP contribution in [-0.2, 0) is 26.3 Å². The molecule has 8 nitrogen and oxygen atoms in total. The molecule has 36 heavy (non-hydrogen) atoms. The molecular weight excluding hydrogens is 507 g/mol. The van der Waals surface area contributed by atoms with Crippen molar-refractivity contribution >= 4 is 39.3 Å². The minimum Gasteiger partial charge on any atom is -0.354 e. The Hall–Kier alpha value is -2.69. The van der Waals surface area contributed by atoms with Gasteiger partial charge in [-0.2, -0.15) is 12.7 Å². The molecule has 1 N–H and O–H groups in total. The van der Waals surface area contributed by atoms with Gasteiger partial charge in [0.05, 0.1) is 5.69 Å². The number of nitrogens with zero attached hydrogens (tertiary/aromatic N) is 3. The number of anilines is 1. The molecule has 2 aromatic rings. The highest BCUT2D eigenvalue weighted by Gasteiger charge is 2.34. The van der Waals surface area contributed by atoms with E-state index in [4.69, 9.17) is 11.6 Å². The Balaban J connectivity index is 2.50. The van der Waals surface area contributed by atoms with Crippen LogP contribution in [0.4, 0.5) is 10.1 Å². The Morgan fingerprint density at radius 1 is 1.06 bits per heavy atom. The topological polar surface area (TPSA) is 90.0 Å². The molecule has 0 saturated heterocycles. The molecule has 0 fully saturated rings. The standard InChI is InChI=1S/C25H34ClFN4O4S/c1-5-7-16-28-25(33)22(6-2)30(17-19-12-8-9-13-20(19)26)24(32)18-31(36(34,35)29(3)4)23-15-11-10-14-21(23)27/h8-15,22H,5-7,16-18H2,1-4H3,(H,28,33)/t22-/m1/s1. The van der Waals surface area contributed by atoms with Crippen LogP contribution in [0.25, 0.3) is 0 Å². The van der Waals surface area contributed by atoms with Gasteiger partial charge in [0.25, 0.3) is 0 Å². The van der Waals surface area contributed by atoms with E-state index in [1.807, 2.05) is 6.92 Å². The molecule has 0 saturated carbocycles. The monoisotopic (exact) mass is 540 g/mol. The van der Waals surface area contributed by atoms with Gasteiger partial charge in [-0.05, 0) is 36.6 Å². The first kappa shape index (κ1) is 29.5. The normalized spacial score (nSPS) is 12.3. The van der Waals surface area contributed by atoms with Crippen molar-refractivity contribution in [2.45, 2.75) is 45.7 Å². The van der Waals surface area contributed by atoms with Crippen LogP contribution < -0.4 is 9.62 Å². The highest BCUT2D eigenvalue weighted by atomic mass is 35.5. The highest BCUT2D eigenvalue weighted by molar-refractivity contribution is 7.90. The molecular formula is C25H34ClFN4O4S. The number of para-hydroxylation sites is 1. The minimum absolute atomic E-state index is 0.0225. The van der Waals surface area contributed by atoms with Crippen LogP contribution in [0, 0.1) is 5.82 Å². The van der Waals surface area contributed by atoms with E-state index in [1.165, 1.54) is 37.2 Å². The quantitative estimate of drug-likeness (QED) is 0.391. The van der Waals surface area contributed by atoms with E-state index in [-0.39, 0.29) is 24.6 Å². The van der Waals surface area contributed by atoms with Gasteiger partial charge in [-0.25, -0.2) is 8.70 Å². The third-order valence-corrected chi connectivity index (χ3v) is 7.83. The van der Waals surface area contributed by atoms with Crippen molar-refractivity contribution in [1.82, 2.24) is 14.5 Å². The fourth-order valence-electron chi connectivity index (χ4n) is 3.59. The zero-order valence-corrected chi connectivity index (χ0v) is 22.7. The number of halogens is 2. The van der Waals surface area contributed by atoms with Gasteiger partial charge < -0.3 is 10.2 Å².